The molecule has 0 aromatic heterocycles. The Hall–Kier alpha value is -2.93. The first-order chi connectivity index (χ1) is 12.6. The number of nitrogens with zero attached hydrogens (tertiary/aromatic N) is 1. The minimum atomic E-state index is -0.429. The van der Waals surface area contributed by atoms with E-state index in [2.05, 4.69) is 29.7 Å². The molecule has 26 heavy (non-hydrogen) atoms. The van der Waals surface area contributed by atoms with Crippen molar-refractivity contribution in [1.29, 1.82) is 0 Å². The predicted molar refractivity (Wildman–Crippen MR) is 106 cm³/mol. The van der Waals surface area contributed by atoms with Crippen molar-refractivity contribution < 1.29 is 14.3 Å². The molecule has 0 atom stereocenters. The standard InChI is InChI=1S/C19H21N3O3S/c1-2-3-12-24-16-10-6-15(7-11-16)18(23)25-17-8-4-14(5-9-17)13-21-22-19(20)26/h4-11,13H,2-3,12H2,1H3,(H3,20,22,26)/b21-13+. The van der Waals surface area contributed by atoms with Crippen LogP contribution in [0.25, 0.3) is 0 Å². The average Bonchev–Trinajstić information content (AvgIpc) is 2.63. The lowest BCUT2D eigenvalue weighted by Crippen LogP contribution is -2.23. The van der Waals surface area contributed by atoms with Crippen LogP contribution < -0.4 is 20.6 Å². The van der Waals surface area contributed by atoms with Gasteiger partial charge in [0.25, 0.3) is 0 Å². The van der Waals surface area contributed by atoms with Gasteiger partial charge in [0.2, 0.25) is 0 Å². The molecule has 6 nitrogen and oxygen atoms in total. The Morgan fingerprint density at radius 2 is 1.81 bits per heavy atom. The fraction of sp³-hybridized carbons (Fsp3) is 0.211. The number of ether oxygens (including phenoxy) is 2. The fourth-order valence-corrected chi connectivity index (χ4v) is 2.03. The Kier molecular flexibility index (Phi) is 7.57. The summed E-state index contributed by atoms with van der Waals surface area (Å²) in [5.41, 5.74) is 9.00. The molecule has 0 saturated carbocycles. The Labute approximate surface area is 158 Å². The molecule has 0 unspecified atom stereocenters. The van der Waals surface area contributed by atoms with Crippen molar-refractivity contribution in [2.24, 2.45) is 10.8 Å². The fourth-order valence-electron chi connectivity index (χ4n) is 1.98. The molecule has 0 aliphatic heterocycles. The second-order valence-electron chi connectivity index (χ2n) is 5.42. The zero-order valence-electron chi connectivity index (χ0n) is 14.5. The third-order valence-electron chi connectivity index (χ3n) is 3.34. The SMILES string of the molecule is CCCCOc1ccc(C(=O)Oc2ccc(/C=N/NC(N)=S)cc2)cc1. The summed E-state index contributed by atoms with van der Waals surface area (Å²) >= 11 is 4.65. The molecule has 2 aromatic carbocycles. The van der Waals surface area contributed by atoms with E-state index >= 15 is 0 Å². The molecule has 0 aliphatic rings. The molecule has 136 valence electrons. The summed E-state index contributed by atoms with van der Waals surface area (Å²) in [6.07, 6.45) is 3.63. The van der Waals surface area contributed by atoms with Gasteiger partial charge < -0.3 is 15.2 Å². The van der Waals surface area contributed by atoms with Crippen molar-refractivity contribution in [1.82, 2.24) is 5.43 Å². The Morgan fingerprint density at radius 1 is 1.15 bits per heavy atom. The maximum Gasteiger partial charge on any atom is 0.343 e. The van der Waals surface area contributed by atoms with Crippen LogP contribution in [0.5, 0.6) is 11.5 Å². The number of rotatable bonds is 8. The van der Waals surface area contributed by atoms with Crippen LogP contribution in [0.4, 0.5) is 0 Å². The highest BCUT2D eigenvalue weighted by Gasteiger charge is 2.08. The first-order valence-corrected chi connectivity index (χ1v) is 8.63. The van der Waals surface area contributed by atoms with Gasteiger partial charge in [-0.2, -0.15) is 5.10 Å². The predicted octanol–water partition coefficient (Wildman–Crippen LogP) is 3.25. The number of hydrogen-bond donors (Lipinski definition) is 2. The summed E-state index contributed by atoms with van der Waals surface area (Å²) in [6, 6.07) is 13.8. The number of hydrazone groups is 1. The smallest absolute Gasteiger partial charge is 0.343 e. The quantitative estimate of drug-likeness (QED) is 0.185. The van der Waals surface area contributed by atoms with Crippen LogP contribution in [-0.4, -0.2) is 23.9 Å². The lowest BCUT2D eigenvalue weighted by Gasteiger charge is -2.07. The normalized spacial score (nSPS) is 10.5. The molecule has 0 fully saturated rings. The molecule has 2 rings (SSSR count). The van der Waals surface area contributed by atoms with Gasteiger partial charge in [-0.1, -0.05) is 13.3 Å². The van der Waals surface area contributed by atoms with E-state index in [-0.39, 0.29) is 5.11 Å². The summed E-state index contributed by atoms with van der Waals surface area (Å²) < 4.78 is 10.9. The van der Waals surface area contributed by atoms with E-state index in [1.54, 1.807) is 54.7 Å². The zero-order valence-corrected chi connectivity index (χ0v) is 15.3. The van der Waals surface area contributed by atoms with E-state index < -0.39 is 5.97 Å². The third-order valence-corrected chi connectivity index (χ3v) is 3.43. The van der Waals surface area contributed by atoms with E-state index in [1.807, 2.05) is 0 Å². The number of carbonyl (C=O) groups excluding carboxylic acids is 1. The third kappa shape index (κ3) is 6.52. The van der Waals surface area contributed by atoms with E-state index in [1.165, 1.54) is 0 Å². The zero-order chi connectivity index (χ0) is 18.8. The highest BCUT2D eigenvalue weighted by Crippen LogP contribution is 2.16. The monoisotopic (exact) mass is 371 g/mol. The average molecular weight is 371 g/mol. The van der Waals surface area contributed by atoms with Gasteiger partial charge in [0, 0.05) is 0 Å². The molecule has 0 spiro atoms. The number of hydrogen-bond acceptors (Lipinski definition) is 5. The van der Waals surface area contributed by atoms with Gasteiger partial charge in [-0.05, 0) is 72.7 Å². The maximum atomic E-state index is 12.2. The van der Waals surface area contributed by atoms with Crippen LogP contribution >= 0.6 is 12.2 Å². The minimum absolute atomic E-state index is 0.0913. The van der Waals surface area contributed by atoms with Gasteiger partial charge in [-0.15, -0.1) is 0 Å². The van der Waals surface area contributed by atoms with E-state index in [0.29, 0.717) is 17.9 Å². The van der Waals surface area contributed by atoms with Gasteiger partial charge in [-0.25, -0.2) is 4.79 Å². The van der Waals surface area contributed by atoms with Crippen LogP contribution in [0.2, 0.25) is 0 Å². The lowest BCUT2D eigenvalue weighted by atomic mass is 10.2. The molecule has 0 radical (unpaired) electrons. The second-order valence-corrected chi connectivity index (χ2v) is 5.86. The van der Waals surface area contributed by atoms with Crippen LogP contribution in [0.1, 0.15) is 35.7 Å². The van der Waals surface area contributed by atoms with E-state index in [4.69, 9.17) is 15.2 Å². The minimum Gasteiger partial charge on any atom is -0.494 e. The number of esters is 1. The highest BCUT2D eigenvalue weighted by molar-refractivity contribution is 7.80. The first kappa shape index (κ1) is 19.4. The summed E-state index contributed by atoms with van der Waals surface area (Å²) in [6.45, 7) is 2.77. The number of thiocarbonyl (C=S) groups is 1. The van der Waals surface area contributed by atoms with E-state index in [9.17, 15) is 4.79 Å². The van der Waals surface area contributed by atoms with Gasteiger partial charge in [0.15, 0.2) is 5.11 Å². The molecule has 0 amide bonds. The molecular weight excluding hydrogens is 350 g/mol. The summed E-state index contributed by atoms with van der Waals surface area (Å²) in [7, 11) is 0. The van der Waals surface area contributed by atoms with Gasteiger partial charge >= 0.3 is 5.97 Å². The number of nitrogens with one attached hydrogen (secondary N) is 1. The topological polar surface area (TPSA) is 85.9 Å². The van der Waals surface area contributed by atoms with Gasteiger partial charge in [0.05, 0.1) is 18.4 Å². The summed E-state index contributed by atoms with van der Waals surface area (Å²) in [4.78, 5) is 12.2. The molecule has 3 N–H and O–H groups in total. The number of unbranched alkanes of at least 4 members (excludes halogenated alkanes) is 1. The number of benzene rings is 2. The largest absolute Gasteiger partial charge is 0.494 e. The van der Waals surface area contributed by atoms with Crippen LogP contribution in [0.3, 0.4) is 0 Å². The van der Waals surface area contributed by atoms with Crippen LogP contribution in [-0.2, 0) is 0 Å². The summed E-state index contributed by atoms with van der Waals surface area (Å²) in [5.74, 6) is 0.753. The van der Waals surface area contributed by atoms with Crippen LogP contribution in [0.15, 0.2) is 53.6 Å². The summed E-state index contributed by atoms with van der Waals surface area (Å²) in [5, 5.41) is 3.94. The van der Waals surface area contributed by atoms with Crippen molar-refractivity contribution in [3.8, 4) is 11.5 Å². The molecule has 0 saturated heterocycles. The van der Waals surface area contributed by atoms with Crippen molar-refractivity contribution in [2.45, 2.75) is 19.8 Å². The van der Waals surface area contributed by atoms with Gasteiger partial charge in [0.1, 0.15) is 11.5 Å². The Bertz CT molecular complexity index is 759. The van der Waals surface area contributed by atoms with Crippen molar-refractivity contribution in [3.05, 3.63) is 59.7 Å². The molecular formula is C19H21N3O3S. The Morgan fingerprint density at radius 3 is 2.42 bits per heavy atom. The molecule has 2 aromatic rings. The second kappa shape index (κ2) is 10.1. The first-order valence-electron chi connectivity index (χ1n) is 8.22. The Balaban J connectivity index is 1.90. The van der Waals surface area contributed by atoms with Crippen molar-refractivity contribution in [2.75, 3.05) is 6.61 Å². The molecule has 7 heteroatoms. The van der Waals surface area contributed by atoms with Gasteiger partial charge in [-0.3, -0.25) is 5.43 Å². The lowest BCUT2D eigenvalue weighted by molar-refractivity contribution is 0.0734. The van der Waals surface area contributed by atoms with E-state index in [0.717, 1.165) is 24.2 Å². The van der Waals surface area contributed by atoms with Crippen molar-refractivity contribution >= 4 is 29.5 Å². The van der Waals surface area contributed by atoms with Crippen molar-refractivity contribution in [3.63, 3.8) is 0 Å². The highest BCUT2D eigenvalue weighted by atomic mass is 32.1. The molecule has 0 bridgehead atoms. The molecule has 0 aliphatic carbocycles. The van der Waals surface area contributed by atoms with Crippen LogP contribution in [0, 0.1) is 0 Å². The number of nitrogens with two attached hydrogens (primary N) is 1. The number of carbonyl (C=O) groups is 1. The molecule has 0 heterocycles. The maximum absolute atomic E-state index is 12.2.